The molecule has 9 heteroatoms. The van der Waals surface area contributed by atoms with E-state index in [-0.39, 0.29) is 11.0 Å². The van der Waals surface area contributed by atoms with E-state index >= 15 is 0 Å². The Hall–Kier alpha value is -2.81. The van der Waals surface area contributed by atoms with Crippen molar-refractivity contribution >= 4 is 28.5 Å². The van der Waals surface area contributed by atoms with Gasteiger partial charge in [-0.05, 0) is 30.6 Å². The predicted octanol–water partition coefficient (Wildman–Crippen LogP) is 6.19. The first-order valence-electron chi connectivity index (χ1n) is 10.2. The van der Waals surface area contributed by atoms with Gasteiger partial charge in [0, 0.05) is 11.0 Å². The van der Waals surface area contributed by atoms with Gasteiger partial charge in [-0.25, -0.2) is 28.1 Å². The highest BCUT2D eigenvalue weighted by molar-refractivity contribution is 8.02. The summed E-state index contributed by atoms with van der Waals surface area (Å²) in [7, 11) is 1.53. The van der Waals surface area contributed by atoms with Crippen LogP contribution >= 0.6 is 11.8 Å². The number of benzene rings is 1. The first kappa shape index (κ1) is 22.4. The van der Waals surface area contributed by atoms with Crippen molar-refractivity contribution in [1.82, 2.24) is 15.0 Å². The standard InChI is InChI=1S/C23H23F3N4OS/c1-13(14-5-4-6-15(18(14)24)20(25)26)29-21-16-11-17(23(2)7-9-32-10-8-23)30-22(31-3)19(16)27-12-28-21/h4-7,9,11-13,20H,8,10H2,1-3H3,(H,27,28,29)/t13-,23?/m1/s1. The van der Waals surface area contributed by atoms with Crippen molar-refractivity contribution in [3.63, 3.8) is 0 Å². The third-order valence-corrected chi connectivity index (χ3v) is 6.52. The second kappa shape index (κ2) is 8.97. The monoisotopic (exact) mass is 460 g/mol. The average molecular weight is 461 g/mol. The molecule has 0 bridgehead atoms. The van der Waals surface area contributed by atoms with Crippen molar-refractivity contribution in [2.75, 3.05) is 18.2 Å². The molecule has 0 aliphatic carbocycles. The summed E-state index contributed by atoms with van der Waals surface area (Å²) in [5.41, 5.74) is 0.570. The maximum atomic E-state index is 14.7. The Kier molecular flexibility index (Phi) is 6.28. The summed E-state index contributed by atoms with van der Waals surface area (Å²) < 4.78 is 46.5. The van der Waals surface area contributed by atoms with Gasteiger partial charge in [0.05, 0.1) is 29.8 Å². The summed E-state index contributed by atoms with van der Waals surface area (Å²) in [5.74, 6) is 0.874. The van der Waals surface area contributed by atoms with Gasteiger partial charge in [-0.1, -0.05) is 31.2 Å². The number of aromatic nitrogens is 3. The molecule has 2 atom stereocenters. The molecule has 32 heavy (non-hydrogen) atoms. The van der Waals surface area contributed by atoms with Gasteiger partial charge in [-0.15, -0.1) is 11.8 Å². The predicted molar refractivity (Wildman–Crippen MR) is 121 cm³/mol. The number of fused-ring (bicyclic) bond motifs is 1. The normalized spacial score (nSPS) is 19.3. The van der Waals surface area contributed by atoms with E-state index in [4.69, 9.17) is 9.72 Å². The Bertz CT molecular complexity index is 1170. The number of pyridine rings is 1. The number of rotatable bonds is 6. The molecule has 0 fully saturated rings. The fraction of sp³-hybridized carbons (Fsp3) is 0.348. The van der Waals surface area contributed by atoms with Crippen LogP contribution < -0.4 is 10.1 Å². The number of hydrogen-bond donors (Lipinski definition) is 1. The number of alkyl halides is 2. The molecule has 1 N–H and O–H groups in total. The number of allylic oxidation sites excluding steroid dienone is 1. The van der Waals surface area contributed by atoms with Crippen LogP contribution in [0.1, 0.15) is 49.6 Å². The minimum atomic E-state index is -2.89. The van der Waals surface area contributed by atoms with Crippen LogP contribution in [0.3, 0.4) is 0 Å². The minimum absolute atomic E-state index is 0.134. The van der Waals surface area contributed by atoms with Crippen LogP contribution in [0.15, 0.2) is 42.1 Å². The molecule has 1 unspecified atom stereocenters. The van der Waals surface area contributed by atoms with Gasteiger partial charge in [0.25, 0.3) is 6.43 Å². The Balaban J connectivity index is 1.78. The number of anilines is 1. The second-order valence-corrected chi connectivity index (χ2v) is 8.91. The van der Waals surface area contributed by atoms with E-state index in [1.54, 1.807) is 18.7 Å². The molecule has 0 amide bonds. The highest BCUT2D eigenvalue weighted by Crippen LogP contribution is 2.38. The number of thioether (sulfide) groups is 1. The van der Waals surface area contributed by atoms with Crippen LogP contribution in [-0.4, -0.2) is 27.8 Å². The van der Waals surface area contributed by atoms with Crippen LogP contribution in [0.2, 0.25) is 0 Å². The molecule has 0 spiro atoms. The molecule has 168 valence electrons. The second-order valence-electron chi connectivity index (χ2n) is 7.89. The van der Waals surface area contributed by atoms with E-state index < -0.39 is 23.8 Å². The maximum absolute atomic E-state index is 14.7. The number of ether oxygens (including phenoxy) is 1. The lowest BCUT2D eigenvalue weighted by molar-refractivity contribution is 0.146. The fourth-order valence-corrected chi connectivity index (χ4v) is 4.85. The van der Waals surface area contributed by atoms with Crippen LogP contribution in [0.4, 0.5) is 19.0 Å². The zero-order chi connectivity index (χ0) is 22.9. The first-order valence-corrected chi connectivity index (χ1v) is 11.2. The quantitative estimate of drug-likeness (QED) is 0.473. The largest absolute Gasteiger partial charge is 0.479 e. The van der Waals surface area contributed by atoms with Gasteiger partial charge in [-0.3, -0.25) is 0 Å². The highest BCUT2D eigenvalue weighted by atomic mass is 32.2. The third kappa shape index (κ3) is 4.13. The summed E-state index contributed by atoms with van der Waals surface area (Å²) in [6.45, 7) is 3.81. The van der Waals surface area contributed by atoms with Crippen molar-refractivity contribution in [3.05, 3.63) is 64.7 Å². The van der Waals surface area contributed by atoms with E-state index in [2.05, 4.69) is 33.7 Å². The lowest BCUT2D eigenvalue weighted by Crippen LogP contribution is -2.23. The maximum Gasteiger partial charge on any atom is 0.266 e. The Morgan fingerprint density at radius 3 is 2.69 bits per heavy atom. The van der Waals surface area contributed by atoms with E-state index in [0.29, 0.717) is 22.6 Å². The number of nitrogens with zero attached hydrogens (tertiary/aromatic N) is 3. The fourth-order valence-electron chi connectivity index (χ4n) is 3.77. The van der Waals surface area contributed by atoms with Crippen LogP contribution in [0.25, 0.3) is 10.9 Å². The average Bonchev–Trinajstić information content (AvgIpc) is 2.79. The van der Waals surface area contributed by atoms with Gasteiger partial charge in [-0.2, -0.15) is 0 Å². The van der Waals surface area contributed by atoms with Gasteiger partial charge in [0.15, 0.2) is 0 Å². The van der Waals surface area contributed by atoms with Crippen molar-refractivity contribution in [2.24, 2.45) is 0 Å². The molecule has 3 heterocycles. The molecule has 1 aliphatic rings. The van der Waals surface area contributed by atoms with Gasteiger partial charge < -0.3 is 10.1 Å². The number of halogens is 3. The molecule has 1 aliphatic heterocycles. The summed E-state index contributed by atoms with van der Waals surface area (Å²) in [6, 6.07) is 5.31. The molecule has 3 aromatic rings. The van der Waals surface area contributed by atoms with E-state index in [1.807, 2.05) is 6.07 Å². The van der Waals surface area contributed by atoms with Crippen molar-refractivity contribution < 1.29 is 17.9 Å². The number of nitrogens with one attached hydrogen (secondary N) is 1. The summed E-state index contributed by atoms with van der Waals surface area (Å²) in [5, 5.41) is 5.90. The number of methoxy groups -OCH3 is 1. The van der Waals surface area contributed by atoms with Crippen LogP contribution in [0.5, 0.6) is 5.88 Å². The van der Waals surface area contributed by atoms with E-state index in [0.717, 1.165) is 23.9 Å². The zero-order valence-electron chi connectivity index (χ0n) is 17.9. The molecular weight excluding hydrogens is 437 g/mol. The van der Waals surface area contributed by atoms with E-state index in [1.165, 1.54) is 25.6 Å². The Labute approximate surface area is 188 Å². The van der Waals surface area contributed by atoms with E-state index in [9.17, 15) is 13.2 Å². The van der Waals surface area contributed by atoms with Gasteiger partial charge in [0.1, 0.15) is 23.5 Å². The smallest absolute Gasteiger partial charge is 0.266 e. The lowest BCUT2D eigenvalue weighted by atomic mass is 9.83. The van der Waals surface area contributed by atoms with Gasteiger partial charge >= 0.3 is 0 Å². The molecule has 2 aromatic heterocycles. The minimum Gasteiger partial charge on any atom is -0.479 e. The zero-order valence-corrected chi connectivity index (χ0v) is 18.7. The van der Waals surface area contributed by atoms with Gasteiger partial charge in [0.2, 0.25) is 5.88 Å². The Morgan fingerprint density at radius 2 is 2.00 bits per heavy atom. The SMILES string of the molecule is COc1nc(C2(C)C=CSCC2)cc2c(N[C@H](C)c3cccc(C(F)F)c3F)ncnc12. The molecule has 0 saturated carbocycles. The summed E-state index contributed by atoms with van der Waals surface area (Å²) >= 11 is 1.75. The van der Waals surface area contributed by atoms with Crippen LogP contribution in [0, 0.1) is 5.82 Å². The first-order chi connectivity index (χ1) is 15.3. The molecular formula is C23H23F3N4OS. The third-order valence-electron chi connectivity index (χ3n) is 5.75. The van der Waals surface area contributed by atoms with Crippen molar-refractivity contribution in [3.8, 4) is 5.88 Å². The number of hydrogen-bond acceptors (Lipinski definition) is 6. The van der Waals surface area contributed by atoms with Crippen LogP contribution in [-0.2, 0) is 5.41 Å². The molecule has 0 radical (unpaired) electrons. The van der Waals surface area contributed by atoms with Crippen molar-refractivity contribution in [2.45, 2.75) is 38.2 Å². The summed E-state index contributed by atoms with van der Waals surface area (Å²) in [6.07, 6.45) is 1.52. The molecule has 0 saturated heterocycles. The van der Waals surface area contributed by atoms with Crippen molar-refractivity contribution in [1.29, 1.82) is 0 Å². The topological polar surface area (TPSA) is 59.9 Å². The highest BCUT2D eigenvalue weighted by Gasteiger charge is 2.29. The summed E-state index contributed by atoms with van der Waals surface area (Å²) in [4.78, 5) is 13.4. The molecule has 5 nitrogen and oxygen atoms in total. The Morgan fingerprint density at radius 1 is 1.22 bits per heavy atom. The lowest BCUT2D eigenvalue weighted by Gasteiger charge is -2.28. The molecule has 1 aromatic carbocycles. The molecule has 4 rings (SSSR count).